The number of rotatable bonds is 6. The Morgan fingerprint density at radius 3 is 1.48 bits per heavy atom. The van der Waals surface area contributed by atoms with Crippen molar-refractivity contribution >= 4 is 65.4 Å². The molecule has 0 saturated carbocycles. The molecule has 0 bridgehead atoms. The van der Waals surface area contributed by atoms with Crippen LogP contribution in [0, 0.1) is 0 Å². The van der Waals surface area contributed by atoms with E-state index in [9.17, 15) is 0 Å². The third-order valence-corrected chi connectivity index (χ3v) is 13.0. The average molecular weight is 802 g/mol. The van der Waals surface area contributed by atoms with Gasteiger partial charge in [-0.05, 0) is 76.9 Å². The van der Waals surface area contributed by atoms with Crippen LogP contribution in [0.5, 0.6) is 0 Å². The smallest absolute Gasteiger partial charge is 0.0641 e. The molecular formula is C60H39N3. The van der Waals surface area contributed by atoms with Crippen molar-refractivity contribution in [3.05, 3.63) is 237 Å². The molecule has 3 aromatic heterocycles. The van der Waals surface area contributed by atoms with Gasteiger partial charge in [0.1, 0.15) is 0 Å². The van der Waals surface area contributed by atoms with Gasteiger partial charge < -0.3 is 13.7 Å². The van der Waals surface area contributed by atoms with Crippen LogP contribution in [0.25, 0.3) is 116 Å². The lowest BCUT2D eigenvalue weighted by atomic mass is 9.94. The zero-order valence-corrected chi connectivity index (χ0v) is 34.4. The van der Waals surface area contributed by atoms with Gasteiger partial charge in [-0.1, -0.05) is 182 Å². The summed E-state index contributed by atoms with van der Waals surface area (Å²) >= 11 is 0. The molecule has 3 heteroatoms. The largest absolute Gasteiger partial charge is 0.309 e. The Labute approximate surface area is 364 Å². The quantitative estimate of drug-likeness (QED) is 0.159. The van der Waals surface area contributed by atoms with Gasteiger partial charge in [0.25, 0.3) is 0 Å². The van der Waals surface area contributed by atoms with Crippen molar-refractivity contribution in [1.29, 1.82) is 0 Å². The lowest BCUT2D eigenvalue weighted by Gasteiger charge is -2.19. The molecule has 3 heterocycles. The molecule has 0 aliphatic heterocycles. The Bertz CT molecular complexity index is 3890. The number of aromatic nitrogens is 3. The highest BCUT2D eigenvalue weighted by Gasteiger charge is 2.24. The van der Waals surface area contributed by atoms with E-state index in [0.29, 0.717) is 0 Å². The molecule has 13 rings (SSSR count). The summed E-state index contributed by atoms with van der Waals surface area (Å²) in [5, 5.41) is 7.43. The topological polar surface area (TPSA) is 14.8 Å². The summed E-state index contributed by atoms with van der Waals surface area (Å²) in [6, 6.07) is 86.5. The van der Waals surface area contributed by atoms with Crippen molar-refractivity contribution in [2.75, 3.05) is 0 Å². The van der Waals surface area contributed by atoms with Crippen LogP contribution in [0.2, 0.25) is 0 Å². The number of hydrogen-bond acceptors (Lipinski definition) is 0. The maximum absolute atomic E-state index is 2.54. The second kappa shape index (κ2) is 14.1. The molecule has 3 nitrogen and oxygen atoms in total. The van der Waals surface area contributed by atoms with Crippen molar-refractivity contribution in [3.63, 3.8) is 0 Å². The first-order valence-electron chi connectivity index (χ1n) is 21.7. The Balaban J connectivity index is 1.13. The van der Waals surface area contributed by atoms with Crippen molar-refractivity contribution in [1.82, 2.24) is 13.7 Å². The fourth-order valence-electron chi connectivity index (χ4n) is 10.3. The van der Waals surface area contributed by atoms with Gasteiger partial charge >= 0.3 is 0 Å². The number of para-hydroxylation sites is 5. The minimum absolute atomic E-state index is 1.14. The van der Waals surface area contributed by atoms with Crippen LogP contribution in [0.4, 0.5) is 0 Å². The predicted octanol–water partition coefficient (Wildman–Crippen LogP) is 16.0. The van der Waals surface area contributed by atoms with E-state index >= 15 is 0 Å². The molecular weight excluding hydrogens is 763 g/mol. The van der Waals surface area contributed by atoms with Crippen LogP contribution >= 0.6 is 0 Å². The monoisotopic (exact) mass is 801 g/mol. The minimum Gasteiger partial charge on any atom is -0.309 e. The summed E-state index contributed by atoms with van der Waals surface area (Å²) < 4.78 is 7.45. The van der Waals surface area contributed by atoms with Gasteiger partial charge in [-0.3, -0.25) is 0 Å². The van der Waals surface area contributed by atoms with Crippen molar-refractivity contribution in [2.45, 2.75) is 0 Å². The maximum Gasteiger partial charge on any atom is 0.0641 e. The van der Waals surface area contributed by atoms with Crippen LogP contribution in [-0.4, -0.2) is 13.7 Å². The van der Waals surface area contributed by atoms with Crippen molar-refractivity contribution in [2.24, 2.45) is 0 Å². The van der Waals surface area contributed by atoms with E-state index in [4.69, 9.17) is 0 Å². The van der Waals surface area contributed by atoms with Crippen LogP contribution in [0.15, 0.2) is 237 Å². The summed E-state index contributed by atoms with van der Waals surface area (Å²) in [6.07, 6.45) is 0. The standard InChI is InChI=1S/C60H39N3/c1-4-18-40(19-5-1)42-22-16-25-45(38-42)61-53-31-13-10-26-48(53)50-35-34-43(39-57(50)61)47-30-17-29-46(41-20-6-2-7-21-41)59(47)63-55-33-15-12-28-52(55)58-56(63)37-36-51-49-27-11-14-32-54(49)62(60(51)58)44-23-8-3-9-24-44/h1-39H. The van der Waals surface area contributed by atoms with Crippen LogP contribution in [0.1, 0.15) is 0 Å². The number of benzene rings is 10. The third kappa shape index (κ3) is 5.40. The lowest BCUT2D eigenvalue weighted by Crippen LogP contribution is -2.01. The number of hydrogen-bond donors (Lipinski definition) is 0. The summed E-state index contributed by atoms with van der Waals surface area (Å²) in [5.74, 6) is 0. The van der Waals surface area contributed by atoms with Crippen LogP contribution < -0.4 is 0 Å². The average Bonchev–Trinajstić information content (AvgIpc) is 4.00. The van der Waals surface area contributed by atoms with Gasteiger partial charge in [0, 0.05) is 54.8 Å². The highest BCUT2D eigenvalue weighted by atomic mass is 15.0. The molecule has 0 spiro atoms. The molecule has 0 atom stereocenters. The van der Waals surface area contributed by atoms with Crippen LogP contribution in [-0.2, 0) is 0 Å². The molecule has 0 aliphatic rings. The van der Waals surface area contributed by atoms with Gasteiger partial charge in [-0.15, -0.1) is 0 Å². The molecule has 0 saturated heterocycles. The van der Waals surface area contributed by atoms with E-state index in [1.54, 1.807) is 0 Å². The second-order valence-electron chi connectivity index (χ2n) is 16.5. The molecule has 0 unspecified atom stereocenters. The van der Waals surface area contributed by atoms with Gasteiger partial charge in [0.15, 0.2) is 0 Å². The number of fused-ring (bicyclic) bond motifs is 10. The zero-order valence-electron chi connectivity index (χ0n) is 34.4. The fraction of sp³-hybridized carbons (Fsp3) is 0. The Morgan fingerprint density at radius 1 is 0.238 bits per heavy atom. The molecule has 13 aromatic rings. The van der Waals surface area contributed by atoms with Gasteiger partial charge in [0.05, 0.1) is 38.8 Å². The molecule has 294 valence electrons. The zero-order chi connectivity index (χ0) is 41.4. The Kier molecular flexibility index (Phi) is 7.91. The summed E-state index contributed by atoms with van der Waals surface area (Å²) in [7, 11) is 0. The Morgan fingerprint density at radius 2 is 0.746 bits per heavy atom. The van der Waals surface area contributed by atoms with Gasteiger partial charge in [-0.25, -0.2) is 0 Å². The molecule has 0 radical (unpaired) electrons. The highest BCUT2D eigenvalue weighted by molar-refractivity contribution is 6.26. The first-order chi connectivity index (χ1) is 31.3. The predicted molar refractivity (Wildman–Crippen MR) is 266 cm³/mol. The third-order valence-electron chi connectivity index (χ3n) is 13.0. The molecule has 0 amide bonds. The van der Waals surface area contributed by atoms with Crippen molar-refractivity contribution < 1.29 is 0 Å². The molecule has 0 aliphatic carbocycles. The van der Waals surface area contributed by atoms with E-state index in [1.165, 1.54) is 93.2 Å². The maximum atomic E-state index is 2.54. The molecule has 63 heavy (non-hydrogen) atoms. The lowest BCUT2D eigenvalue weighted by molar-refractivity contribution is 1.17. The van der Waals surface area contributed by atoms with Crippen molar-refractivity contribution in [3.8, 4) is 50.4 Å². The molecule has 10 aromatic carbocycles. The summed E-state index contributed by atoms with van der Waals surface area (Å²) in [6.45, 7) is 0. The summed E-state index contributed by atoms with van der Waals surface area (Å²) in [5.41, 5.74) is 17.6. The Hall–Kier alpha value is -8.40. The normalized spacial score (nSPS) is 11.8. The SMILES string of the molecule is c1ccc(-c2cccc(-n3c4ccccc4c4ccc(-c5cccc(-c6ccccc6)c5-n5c6ccccc6c6c5ccc5c7ccccc7n(-c7ccccc7)c56)cc43)c2)cc1. The highest BCUT2D eigenvalue weighted by Crippen LogP contribution is 2.46. The van der Waals surface area contributed by atoms with E-state index < -0.39 is 0 Å². The van der Waals surface area contributed by atoms with E-state index in [1.807, 2.05) is 0 Å². The molecule has 0 N–H and O–H groups in total. The number of nitrogens with zero attached hydrogens (tertiary/aromatic N) is 3. The van der Waals surface area contributed by atoms with Gasteiger partial charge in [-0.2, -0.15) is 0 Å². The van der Waals surface area contributed by atoms with E-state index in [0.717, 1.165) is 22.6 Å². The first kappa shape index (κ1) is 35.4. The first-order valence-corrected chi connectivity index (χ1v) is 21.7. The van der Waals surface area contributed by atoms with E-state index in [2.05, 4.69) is 250 Å². The van der Waals surface area contributed by atoms with E-state index in [-0.39, 0.29) is 0 Å². The fourth-order valence-corrected chi connectivity index (χ4v) is 10.3. The van der Waals surface area contributed by atoms with Crippen LogP contribution in [0.3, 0.4) is 0 Å². The minimum atomic E-state index is 1.14. The summed E-state index contributed by atoms with van der Waals surface area (Å²) in [4.78, 5) is 0. The van der Waals surface area contributed by atoms with Gasteiger partial charge in [0.2, 0.25) is 0 Å². The second-order valence-corrected chi connectivity index (χ2v) is 16.5. The molecule has 0 fully saturated rings.